The van der Waals surface area contributed by atoms with Crippen molar-refractivity contribution in [3.63, 3.8) is 0 Å². The lowest BCUT2D eigenvalue weighted by Crippen LogP contribution is -1.96. The van der Waals surface area contributed by atoms with Gasteiger partial charge in [-0.05, 0) is 11.6 Å². The van der Waals surface area contributed by atoms with Gasteiger partial charge >= 0.3 is 0 Å². The number of hydrogen-bond donors (Lipinski definition) is 0. The number of rotatable bonds is 2. The molecule has 0 amide bonds. The smallest absolute Gasteiger partial charge is 0.224 e. The quantitative estimate of drug-likeness (QED) is 0.627. The average Bonchev–Trinajstić information content (AvgIpc) is 2.29. The second kappa shape index (κ2) is 4.72. The highest BCUT2D eigenvalue weighted by molar-refractivity contribution is 6.40. The molecule has 90 valence electrons. The van der Waals surface area contributed by atoms with Crippen LogP contribution in [0.4, 0.5) is 0 Å². The molecule has 0 fully saturated rings. The minimum atomic E-state index is 0.0246. The molecular formula is C10H7Cl3N2O2. The molecule has 0 unspecified atom stereocenters. The first-order valence-electron chi connectivity index (χ1n) is 4.51. The normalized spacial score (nSPS) is 10.6. The van der Waals surface area contributed by atoms with E-state index < -0.39 is 0 Å². The Morgan fingerprint density at radius 1 is 1.06 bits per heavy atom. The van der Waals surface area contributed by atoms with Crippen molar-refractivity contribution in [2.75, 3.05) is 14.2 Å². The Bertz CT molecular complexity index is 590. The van der Waals surface area contributed by atoms with Crippen LogP contribution in [0.5, 0.6) is 11.5 Å². The maximum atomic E-state index is 6.07. The predicted molar refractivity (Wildman–Crippen MR) is 67.7 cm³/mol. The van der Waals surface area contributed by atoms with Crippen molar-refractivity contribution in [2.45, 2.75) is 0 Å². The highest BCUT2D eigenvalue weighted by Gasteiger charge is 2.18. The number of nitrogens with zero attached hydrogens (tertiary/aromatic N) is 2. The lowest BCUT2D eigenvalue weighted by molar-refractivity contribution is 0.358. The molecule has 0 aliphatic heterocycles. The fraction of sp³-hybridized carbons (Fsp3) is 0.200. The molecule has 7 heteroatoms. The maximum Gasteiger partial charge on any atom is 0.224 e. The molecule has 1 heterocycles. The average molecular weight is 294 g/mol. The highest BCUT2D eigenvalue weighted by Crippen LogP contribution is 2.42. The highest BCUT2D eigenvalue weighted by atomic mass is 35.5. The van der Waals surface area contributed by atoms with E-state index in [0.717, 1.165) is 0 Å². The summed E-state index contributed by atoms with van der Waals surface area (Å²) in [6.07, 6.45) is 0. The minimum Gasteiger partial charge on any atom is -0.493 e. The number of halogens is 3. The third-order valence-corrected chi connectivity index (χ3v) is 2.93. The molecule has 0 bridgehead atoms. The van der Waals surface area contributed by atoms with Crippen LogP contribution in [0.3, 0.4) is 0 Å². The van der Waals surface area contributed by atoms with Crippen LogP contribution in [-0.2, 0) is 0 Å². The van der Waals surface area contributed by atoms with Gasteiger partial charge in [0.25, 0.3) is 0 Å². The number of benzene rings is 1. The Balaban J connectivity index is 2.95. The van der Waals surface area contributed by atoms with Crippen molar-refractivity contribution in [1.29, 1.82) is 0 Å². The van der Waals surface area contributed by atoms with Gasteiger partial charge in [-0.1, -0.05) is 23.2 Å². The molecule has 0 atom stereocenters. The van der Waals surface area contributed by atoms with Gasteiger partial charge in [0.05, 0.1) is 30.1 Å². The second-order valence-corrected chi connectivity index (χ2v) is 4.20. The van der Waals surface area contributed by atoms with Crippen molar-refractivity contribution in [1.82, 2.24) is 9.97 Å². The third kappa shape index (κ3) is 2.08. The van der Waals surface area contributed by atoms with Crippen molar-refractivity contribution >= 4 is 45.7 Å². The molecule has 0 saturated heterocycles. The summed E-state index contributed by atoms with van der Waals surface area (Å²) < 4.78 is 10.4. The van der Waals surface area contributed by atoms with Gasteiger partial charge in [0.1, 0.15) is 5.15 Å². The van der Waals surface area contributed by atoms with Crippen molar-refractivity contribution < 1.29 is 9.47 Å². The molecule has 2 rings (SSSR count). The van der Waals surface area contributed by atoms with Crippen molar-refractivity contribution in [2.24, 2.45) is 0 Å². The van der Waals surface area contributed by atoms with Crippen molar-refractivity contribution in [3.05, 3.63) is 21.5 Å². The van der Waals surface area contributed by atoms with Gasteiger partial charge in [-0.3, -0.25) is 0 Å². The first-order chi connectivity index (χ1) is 8.08. The number of fused-ring (bicyclic) bond motifs is 1. The number of ether oxygens (including phenoxy) is 2. The molecule has 17 heavy (non-hydrogen) atoms. The summed E-state index contributed by atoms with van der Waals surface area (Å²) in [5.74, 6) is 0.881. The Kier molecular flexibility index (Phi) is 3.47. The summed E-state index contributed by atoms with van der Waals surface area (Å²) in [4.78, 5) is 7.87. The predicted octanol–water partition coefficient (Wildman–Crippen LogP) is 3.61. The Hall–Kier alpha value is -0.970. The molecule has 2 aromatic rings. The third-order valence-electron chi connectivity index (χ3n) is 2.20. The van der Waals surface area contributed by atoms with E-state index in [1.54, 1.807) is 6.07 Å². The zero-order valence-corrected chi connectivity index (χ0v) is 11.2. The van der Waals surface area contributed by atoms with E-state index in [2.05, 4.69) is 9.97 Å². The summed E-state index contributed by atoms with van der Waals surface area (Å²) in [6, 6.07) is 1.59. The Labute approximate surface area is 112 Å². The zero-order valence-electron chi connectivity index (χ0n) is 8.92. The van der Waals surface area contributed by atoms with E-state index in [0.29, 0.717) is 27.4 Å². The summed E-state index contributed by atoms with van der Waals surface area (Å²) >= 11 is 17.8. The molecular weight excluding hydrogens is 286 g/mol. The molecule has 0 radical (unpaired) electrons. The molecule has 0 aliphatic carbocycles. The van der Waals surface area contributed by atoms with Crippen LogP contribution >= 0.6 is 34.8 Å². The minimum absolute atomic E-state index is 0.0246. The molecule has 4 nitrogen and oxygen atoms in total. The molecule has 0 spiro atoms. The van der Waals surface area contributed by atoms with Gasteiger partial charge in [-0.15, -0.1) is 0 Å². The lowest BCUT2D eigenvalue weighted by atomic mass is 10.2. The maximum absolute atomic E-state index is 6.07. The molecule has 1 aromatic heterocycles. The van der Waals surface area contributed by atoms with E-state index in [1.165, 1.54) is 14.2 Å². The first kappa shape index (κ1) is 12.5. The zero-order chi connectivity index (χ0) is 12.6. The Morgan fingerprint density at radius 3 is 2.35 bits per heavy atom. The van der Waals surface area contributed by atoms with Crippen LogP contribution in [0.15, 0.2) is 6.07 Å². The topological polar surface area (TPSA) is 44.2 Å². The van der Waals surface area contributed by atoms with E-state index in [1.807, 2.05) is 0 Å². The summed E-state index contributed by atoms with van der Waals surface area (Å²) in [5, 5.41) is 1.03. The van der Waals surface area contributed by atoms with Crippen LogP contribution in [-0.4, -0.2) is 24.2 Å². The second-order valence-electron chi connectivity index (χ2n) is 3.10. The number of aromatic nitrogens is 2. The van der Waals surface area contributed by atoms with Gasteiger partial charge < -0.3 is 9.47 Å². The van der Waals surface area contributed by atoms with Gasteiger partial charge in [-0.2, -0.15) is 0 Å². The van der Waals surface area contributed by atoms with Gasteiger partial charge in [0.15, 0.2) is 11.5 Å². The van der Waals surface area contributed by atoms with Crippen LogP contribution < -0.4 is 9.47 Å². The molecule has 1 aromatic carbocycles. The Morgan fingerprint density at radius 2 is 1.76 bits per heavy atom. The SMILES string of the molecule is COc1cc(Cl)c2nc(Cl)nc(Cl)c2c1OC. The fourth-order valence-corrected chi connectivity index (χ4v) is 2.21. The van der Waals surface area contributed by atoms with E-state index in [4.69, 9.17) is 44.3 Å². The van der Waals surface area contributed by atoms with E-state index in [9.17, 15) is 0 Å². The van der Waals surface area contributed by atoms with Crippen LogP contribution in [0, 0.1) is 0 Å². The van der Waals surface area contributed by atoms with Crippen molar-refractivity contribution in [3.8, 4) is 11.5 Å². The van der Waals surface area contributed by atoms with Crippen LogP contribution in [0.2, 0.25) is 15.5 Å². The fourth-order valence-electron chi connectivity index (χ4n) is 1.51. The molecule has 0 aliphatic rings. The van der Waals surface area contributed by atoms with Crippen LogP contribution in [0.1, 0.15) is 0 Å². The van der Waals surface area contributed by atoms with Gasteiger partial charge in [0, 0.05) is 6.07 Å². The monoisotopic (exact) mass is 292 g/mol. The summed E-state index contributed by atoms with van der Waals surface area (Å²) in [6.45, 7) is 0. The lowest BCUT2D eigenvalue weighted by Gasteiger charge is -2.12. The van der Waals surface area contributed by atoms with E-state index in [-0.39, 0.29) is 10.4 Å². The van der Waals surface area contributed by atoms with Crippen LogP contribution in [0.25, 0.3) is 10.9 Å². The number of hydrogen-bond acceptors (Lipinski definition) is 4. The van der Waals surface area contributed by atoms with E-state index >= 15 is 0 Å². The standard InChI is InChI=1S/C10H7Cl3N2O2/c1-16-5-3-4(11)7-6(8(5)17-2)9(12)15-10(13)14-7/h3H,1-2H3. The van der Waals surface area contributed by atoms with Gasteiger partial charge in [-0.25, -0.2) is 9.97 Å². The first-order valence-corrected chi connectivity index (χ1v) is 5.65. The number of methoxy groups -OCH3 is 2. The summed E-state index contributed by atoms with van der Waals surface area (Å²) in [7, 11) is 3.00. The molecule has 0 saturated carbocycles. The molecule has 0 N–H and O–H groups in total. The van der Waals surface area contributed by atoms with Gasteiger partial charge in [0.2, 0.25) is 5.28 Å². The largest absolute Gasteiger partial charge is 0.493 e. The summed E-state index contributed by atoms with van der Waals surface area (Å²) in [5.41, 5.74) is 0.425.